The molecule has 0 fully saturated rings. The Balaban J connectivity index is 2.05. The van der Waals surface area contributed by atoms with Crippen molar-refractivity contribution in [2.45, 2.75) is 11.3 Å². The van der Waals surface area contributed by atoms with E-state index in [9.17, 15) is 13.2 Å². The molecule has 10 heteroatoms. The first-order valence-electron chi connectivity index (χ1n) is 5.12. The van der Waals surface area contributed by atoms with Gasteiger partial charge in [0, 0.05) is 19.2 Å². The van der Waals surface area contributed by atoms with E-state index in [4.69, 9.17) is 11.6 Å². The van der Waals surface area contributed by atoms with Crippen LogP contribution < -0.4 is 10.3 Å². The SMILES string of the molecule is O=c1[nH]cc(S(=O)(=O)NCCc2ncon2)cc1Cl. The molecule has 0 bridgehead atoms. The first kappa shape index (κ1) is 13.7. The number of aromatic amines is 1. The maximum atomic E-state index is 11.9. The Labute approximate surface area is 112 Å². The molecule has 0 saturated carbocycles. The van der Waals surface area contributed by atoms with Gasteiger partial charge in [-0.1, -0.05) is 16.8 Å². The third-order valence-electron chi connectivity index (χ3n) is 2.19. The molecule has 0 aliphatic heterocycles. The second-order valence-electron chi connectivity index (χ2n) is 3.51. The van der Waals surface area contributed by atoms with Crippen molar-refractivity contribution in [1.82, 2.24) is 19.8 Å². The number of H-pyrrole nitrogens is 1. The molecule has 0 saturated heterocycles. The van der Waals surface area contributed by atoms with E-state index in [1.54, 1.807) is 0 Å². The lowest BCUT2D eigenvalue weighted by Crippen LogP contribution is -2.27. The summed E-state index contributed by atoms with van der Waals surface area (Å²) < 4.78 is 30.6. The van der Waals surface area contributed by atoms with Gasteiger partial charge in [0.1, 0.15) is 5.02 Å². The Bertz CT molecular complexity index is 710. The zero-order chi connectivity index (χ0) is 13.9. The molecule has 8 nitrogen and oxygen atoms in total. The van der Waals surface area contributed by atoms with Gasteiger partial charge in [-0.3, -0.25) is 4.79 Å². The number of sulfonamides is 1. The molecule has 0 spiro atoms. The molecular weight excluding hydrogens is 296 g/mol. The number of halogens is 1. The van der Waals surface area contributed by atoms with Crippen LogP contribution in [0.3, 0.4) is 0 Å². The molecule has 0 atom stereocenters. The Morgan fingerprint density at radius 3 is 2.89 bits per heavy atom. The summed E-state index contributed by atoms with van der Waals surface area (Å²) in [5, 5.41) is 3.35. The van der Waals surface area contributed by atoms with Crippen molar-refractivity contribution in [3.05, 3.63) is 39.9 Å². The Morgan fingerprint density at radius 2 is 2.26 bits per heavy atom. The standard InChI is InChI=1S/C9H9ClN4O4S/c10-7-3-6(4-11-9(7)15)19(16,17)13-2-1-8-12-5-18-14-8/h3-5,13H,1-2H2,(H,11,15). The van der Waals surface area contributed by atoms with E-state index >= 15 is 0 Å². The number of hydrogen-bond donors (Lipinski definition) is 2. The molecule has 2 aromatic rings. The van der Waals surface area contributed by atoms with Crippen molar-refractivity contribution in [3.8, 4) is 0 Å². The first-order chi connectivity index (χ1) is 8.99. The summed E-state index contributed by atoms with van der Waals surface area (Å²) in [6, 6.07) is 1.08. The van der Waals surface area contributed by atoms with Crippen LogP contribution in [0.4, 0.5) is 0 Å². The van der Waals surface area contributed by atoms with E-state index in [2.05, 4.69) is 24.4 Å². The van der Waals surface area contributed by atoms with E-state index in [0.717, 1.165) is 18.7 Å². The predicted molar refractivity (Wildman–Crippen MR) is 65.3 cm³/mol. The third-order valence-corrected chi connectivity index (χ3v) is 3.91. The number of hydrogen-bond acceptors (Lipinski definition) is 6. The van der Waals surface area contributed by atoms with Crippen molar-refractivity contribution < 1.29 is 12.9 Å². The van der Waals surface area contributed by atoms with Crippen LogP contribution >= 0.6 is 11.6 Å². The van der Waals surface area contributed by atoms with Gasteiger partial charge in [0.2, 0.25) is 16.4 Å². The number of pyridine rings is 1. The van der Waals surface area contributed by atoms with Crippen molar-refractivity contribution in [1.29, 1.82) is 0 Å². The highest BCUT2D eigenvalue weighted by Crippen LogP contribution is 2.10. The molecule has 0 radical (unpaired) electrons. The average molecular weight is 305 g/mol. The molecule has 2 rings (SSSR count). The van der Waals surface area contributed by atoms with Gasteiger partial charge in [0.25, 0.3) is 5.56 Å². The molecule has 2 N–H and O–H groups in total. The highest BCUT2D eigenvalue weighted by Gasteiger charge is 2.15. The van der Waals surface area contributed by atoms with E-state index < -0.39 is 15.6 Å². The monoisotopic (exact) mass is 304 g/mol. The van der Waals surface area contributed by atoms with Crippen LogP contribution in [0.25, 0.3) is 0 Å². The number of nitrogens with one attached hydrogen (secondary N) is 2. The zero-order valence-electron chi connectivity index (χ0n) is 9.46. The van der Waals surface area contributed by atoms with Gasteiger partial charge in [-0.15, -0.1) is 0 Å². The van der Waals surface area contributed by atoms with Crippen molar-refractivity contribution in [2.75, 3.05) is 6.54 Å². The van der Waals surface area contributed by atoms with Gasteiger partial charge in [-0.05, 0) is 6.07 Å². The molecule has 2 heterocycles. The van der Waals surface area contributed by atoms with Crippen molar-refractivity contribution in [2.24, 2.45) is 0 Å². The summed E-state index contributed by atoms with van der Waals surface area (Å²) in [4.78, 5) is 16.9. The van der Waals surface area contributed by atoms with Crippen LogP contribution in [-0.4, -0.2) is 30.1 Å². The summed E-state index contributed by atoms with van der Waals surface area (Å²) in [6.45, 7) is 0.0958. The fourth-order valence-electron chi connectivity index (χ4n) is 1.28. The second kappa shape index (κ2) is 5.51. The Morgan fingerprint density at radius 1 is 1.47 bits per heavy atom. The van der Waals surface area contributed by atoms with Crippen molar-refractivity contribution >= 4 is 21.6 Å². The van der Waals surface area contributed by atoms with Crippen LogP contribution in [0.15, 0.2) is 32.9 Å². The highest BCUT2D eigenvalue weighted by atomic mass is 35.5. The second-order valence-corrected chi connectivity index (χ2v) is 5.68. The van der Waals surface area contributed by atoms with Gasteiger partial charge in [-0.2, -0.15) is 4.98 Å². The molecule has 0 aliphatic rings. The minimum atomic E-state index is -3.74. The van der Waals surface area contributed by atoms with Gasteiger partial charge in [0.15, 0.2) is 5.82 Å². The van der Waals surface area contributed by atoms with Crippen LogP contribution in [0.5, 0.6) is 0 Å². The fourth-order valence-corrected chi connectivity index (χ4v) is 2.54. The van der Waals surface area contributed by atoms with E-state index in [0.29, 0.717) is 5.82 Å². The normalized spacial score (nSPS) is 11.6. The quantitative estimate of drug-likeness (QED) is 0.798. The van der Waals surface area contributed by atoms with Gasteiger partial charge >= 0.3 is 0 Å². The number of nitrogens with zero attached hydrogens (tertiary/aromatic N) is 2. The molecule has 2 aromatic heterocycles. The fraction of sp³-hybridized carbons (Fsp3) is 0.222. The largest absolute Gasteiger partial charge is 0.343 e. The van der Waals surface area contributed by atoms with Gasteiger partial charge in [-0.25, -0.2) is 13.1 Å². The maximum absolute atomic E-state index is 11.9. The zero-order valence-corrected chi connectivity index (χ0v) is 11.0. The van der Waals surface area contributed by atoms with Gasteiger partial charge < -0.3 is 9.51 Å². The maximum Gasteiger partial charge on any atom is 0.266 e. The molecule has 102 valence electrons. The summed E-state index contributed by atoms with van der Waals surface area (Å²) in [5.41, 5.74) is -0.549. The summed E-state index contributed by atoms with van der Waals surface area (Å²) in [6.07, 6.45) is 2.52. The average Bonchev–Trinajstić information content (AvgIpc) is 2.85. The lowest BCUT2D eigenvalue weighted by molar-refractivity contribution is 0.410. The first-order valence-corrected chi connectivity index (χ1v) is 6.98. The molecule has 0 unspecified atom stereocenters. The summed E-state index contributed by atoms with van der Waals surface area (Å²) in [5.74, 6) is 0.391. The third kappa shape index (κ3) is 3.40. The predicted octanol–water partition coefficient (Wildman–Crippen LogP) is -0.0677. The highest BCUT2D eigenvalue weighted by molar-refractivity contribution is 7.89. The van der Waals surface area contributed by atoms with Crippen LogP contribution in [0.1, 0.15) is 5.82 Å². The van der Waals surface area contributed by atoms with Crippen LogP contribution in [0.2, 0.25) is 5.02 Å². The lowest BCUT2D eigenvalue weighted by atomic mass is 10.4. The van der Waals surface area contributed by atoms with E-state index in [-0.39, 0.29) is 22.9 Å². The van der Waals surface area contributed by atoms with E-state index in [1.807, 2.05) is 0 Å². The molecular formula is C9H9ClN4O4S. The summed E-state index contributed by atoms with van der Waals surface area (Å²) >= 11 is 5.57. The van der Waals surface area contributed by atoms with Crippen LogP contribution in [0, 0.1) is 0 Å². The minimum absolute atomic E-state index is 0.0958. The van der Waals surface area contributed by atoms with Crippen LogP contribution in [-0.2, 0) is 16.4 Å². The number of aromatic nitrogens is 3. The topological polar surface area (TPSA) is 118 Å². The molecule has 0 aromatic carbocycles. The molecule has 0 aliphatic carbocycles. The molecule has 0 amide bonds. The number of rotatable bonds is 5. The van der Waals surface area contributed by atoms with Gasteiger partial charge in [0.05, 0.1) is 4.90 Å². The smallest absolute Gasteiger partial charge is 0.266 e. The van der Waals surface area contributed by atoms with E-state index in [1.165, 1.54) is 0 Å². The minimum Gasteiger partial charge on any atom is -0.343 e. The summed E-state index contributed by atoms with van der Waals surface area (Å²) in [7, 11) is -3.74. The molecule has 19 heavy (non-hydrogen) atoms. The van der Waals surface area contributed by atoms with Crippen molar-refractivity contribution in [3.63, 3.8) is 0 Å². The Hall–Kier alpha value is -1.71. The lowest BCUT2D eigenvalue weighted by Gasteiger charge is -2.05. The Kier molecular flexibility index (Phi) is 3.98.